The highest BCUT2D eigenvalue weighted by molar-refractivity contribution is 9.10. The molecule has 1 aromatic rings. The van der Waals surface area contributed by atoms with Crippen molar-refractivity contribution in [1.82, 2.24) is 11.1 Å². The molecule has 1 rings (SSSR count). The van der Waals surface area contributed by atoms with E-state index in [0.29, 0.717) is 0 Å². The zero-order valence-electron chi connectivity index (χ0n) is 5.64. The summed E-state index contributed by atoms with van der Waals surface area (Å²) >= 11 is 2.84. The Bertz CT molecular complexity index is 261. The summed E-state index contributed by atoms with van der Waals surface area (Å²) in [6, 6.07) is 1.85. The highest BCUT2D eigenvalue weighted by Crippen LogP contribution is 2.29. The Labute approximate surface area is 75.5 Å². The lowest BCUT2D eigenvalue weighted by Crippen LogP contribution is -2.04. The van der Waals surface area contributed by atoms with Gasteiger partial charge in [0, 0.05) is 12.3 Å². The predicted molar refractivity (Wildman–Crippen MR) is 39.1 cm³/mol. The largest absolute Gasteiger partial charge is 0.416 e. The molecule has 0 spiro atoms. The van der Waals surface area contributed by atoms with E-state index in [1.54, 1.807) is 0 Å². The summed E-state index contributed by atoms with van der Waals surface area (Å²) in [4.78, 5) is 3.57. The zero-order valence-corrected chi connectivity index (χ0v) is 7.22. The van der Waals surface area contributed by atoms with Gasteiger partial charge in [-0.3, -0.25) is 0 Å². The maximum absolute atomic E-state index is 11.9. The summed E-state index contributed by atoms with van der Waals surface area (Å²) in [5.74, 6) is 0. The summed E-state index contributed by atoms with van der Waals surface area (Å²) in [6.07, 6.45) is -3.18. The number of hydrogen-bond donors (Lipinski definition) is 0. The molecule has 0 N–H and O–H groups in total. The van der Waals surface area contributed by atoms with Gasteiger partial charge in [0.1, 0.15) is 4.60 Å². The van der Waals surface area contributed by atoms with Gasteiger partial charge < -0.3 is 0 Å². The fraction of sp³-hybridized carbons (Fsp3) is 0.167. The molecule has 0 amide bonds. The van der Waals surface area contributed by atoms with Gasteiger partial charge in [-0.1, -0.05) is 0 Å². The lowest BCUT2D eigenvalue weighted by Gasteiger charge is -2.04. The molecule has 0 atom stereocenters. The summed E-state index contributed by atoms with van der Waals surface area (Å²) in [6.45, 7) is 0. The molecule has 1 heterocycles. The summed E-state index contributed by atoms with van der Waals surface area (Å²) in [5.41, 5.74) is -0.695. The van der Waals surface area contributed by atoms with Crippen LogP contribution in [0.4, 0.5) is 13.2 Å². The van der Waals surface area contributed by atoms with Crippen molar-refractivity contribution in [2.45, 2.75) is 6.18 Å². The molecule has 0 aromatic carbocycles. The van der Waals surface area contributed by atoms with Crippen LogP contribution in [-0.4, -0.2) is 4.98 Å². The van der Waals surface area contributed by atoms with Crippen molar-refractivity contribution < 1.29 is 13.2 Å². The summed E-state index contributed by atoms with van der Waals surface area (Å²) in [5, 5.41) is 0. The van der Waals surface area contributed by atoms with Gasteiger partial charge >= 0.3 is 6.18 Å². The Morgan fingerprint density at radius 2 is 1.92 bits per heavy atom. The highest BCUT2D eigenvalue weighted by Gasteiger charge is 2.30. The van der Waals surface area contributed by atoms with Crippen LogP contribution in [0.15, 0.2) is 22.9 Å². The first-order chi connectivity index (χ1) is 5.00. The van der Waals surface area contributed by atoms with Crippen molar-refractivity contribution in [2.24, 2.45) is 0 Å². The second-order valence-electron chi connectivity index (χ2n) is 1.86. The van der Waals surface area contributed by atoms with Crippen LogP contribution in [-0.2, 0) is 6.18 Å². The number of hydrogen-bond acceptors (Lipinski definition) is 1. The molecule has 0 unspecified atom stereocenters. The predicted octanol–water partition coefficient (Wildman–Crippen LogP) is 2.38. The Kier molecular flexibility index (Phi) is 3.66. The van der Waals surface area contributed by atoms with E-state index < -0.39 is 11.7 Å². The minimum atomic E-state index is -4.29. The molecule has 12 heavy (non-hydrogen) atoms. The maximum atomic E-state index is 11.9. The van der Waals surface area contributed by atoms with E-state index in [2.05, 4.69) is 20.9 Å². The monoisotopic (exact) mass is 239 g/mol. The number of nitrogens with zero attached hydrogens (tertiary/aromatic N) is 2. The van der Waals surface area contributed by atoms with Crippen molar-refractivity contribution in [1.29, 1.82) is 0 Å². The van der Waals surface area contributed by atoms with E-state index in [0.717, 1.165) is 18.3 Å². The minimum absolute atomic E-state index is 0. The van der Waals surface area contributed by atoms with Crippen molar-refractivity contribution in [2.75, 3.05) is 0 Å². The van der Waals surface area contributed by atoms with Gasteiger partial charge in [-0.25, -0.2) is 4.98 Å². The van der Waals surface area contributed by atoms with Gasteiger partial charge in [0.05, 0.1) is 5.56 Å². The van der Waals surface area contributed by atoms with E-state index >= 15 is 0 Å². The number of alkyl halides is 3. The lowest BCUT2D eigenvalue weighted by molar-refractivity contribution is -0.137. The molecule has 0 saturated heterocycles. The van der Waals surface area contributed by atoms with Crippen LogP contribution in [0.5, 0.6) is 0 Å². The van der Waals surface area contributed by atoms with Gasteiger partial charge in [0.2, 0.25) is 0 Å². The van der Waals surface area contributed by atoms with Gasteiger partial charge in [-0.2, -0.15) is 13.2 Å². The number of pyridine rings is 1. The van der Waals surface area contributed by atoms with Crippen LogP contribution in [0.2, 0.25) is 0 Å². The number of rotatable bonds is 0. The molecular formula is C6H3BrF3N2. The van der Waals surface area contributed by atoms with Crippen molar-refractivity contribution >= 4 is 15.9 Å². The molecule has 0 aliphatic carbocycles. The van der Waals surface area contributed by atoms with Crippen LogP contribution in [0.25, 0.3) is 0 Å². The smallest absolute Gasteiger partial charge is 0.249 e. The normalized spacial score (nSPS) is 10.7. The van der Waals surface area contributed by atoms with E-state index in [-0.39, 0.29) is 10.8 Å². The van der Waals surface area contributed by atoms with E-state index in [1.807, 2.05) is 0 Å². The Morgan fingerprint density at radius 3 is 2.25 bits per heavy atom. The molecule has 0 bridgehead atoms. The zero-order chi connectivity index (χ0) is 8.48. The second kappa shape index (κ2) is 3.86. The van der Waals surface area contributed by atoms with E-state index in [1.165, 1.54) is 0 Å². The standard InChI is InChI=1S/C6H3BrF3N.N/c7-5-3-4(1-2-11-5)6(8,9)10;/h1-3H;. The third-order valence-corrected chi connectivity index (χ3v) is 1.49. The first-order valence-corrected chi connectivity index (χ1v) is 3.48. The van der Waals surface area contributed by atoms with Crippen LogP contribution in [0, 0.1) is 0 Å². The number of aromatic nitrogens is 1. The molecular weight excluding hydrogens is 237 g/mol. The minimum Gasteiger partial charge on any atom is -0.249 e. The van der Waals surface area contributed by atoms with Crippen LogP contribution >= 0.6 is 15.9 Å². The Balaban J connectivity index is 0.00000121. The van der Waals surface area contributed by atoms with E-state index in [9.17, 15) is 13.2 Å². The van der Waals surface area contributed by atoms with Gasteiger partial charge in [0.25, 0.3) is 0 Å². The SMILES string of the molecule is FC(F)(F)c1ccnc(Br)c1.[N]. The molecule has 0 fully saturated rings. The molecule has 65 valence electrons. The summed E-state index contributed by atoms with van der Waals surface area (Å²) in [7, 11) is 0. The molecule has 1 aromatic heterocycles. The van der Waals surface area contributed by atoms with Crippen molar-refractivity contribution in [3.8, 4) is 0 Å². The average molecular weight is 240 g/mol. The topological polar surface area (TPSA) is 43.4 Å². The van der Waals surface area contributed by atoms with Crippen LogP contribution in [0.1, 0.15) is 5.56 Å². The highest BCUT2D eigenvalue weighted by atomic mass is 79.9. The van der Waals surface area contributed by atoms with Crippen LogP contribution in [0.3, 0.4) is 0 Å². The van der Waals surface area contributed by atoms with Crippen molar-refractivity contribution in [3.63, 3.8) is 0 Å². The average Bonchev–Trinajstić information content (AvgIpc) is 1.86. The molecule has 2 nitrogen and oxygen atoms in total. The molecule has 0 aliphatic rings. The Morgan fingerprint density at radius 1 is 1.33 bits per heavy atom. The van der Waals surface area contributed by atoms with Gasteiger partial charge in [0.15, 0.2) is 0 Å². The van der Waals surface area contributed by atoms with E-state index in [4.69, 9.17) is 0 Å². The first-order valence-electron chi connectivity index (χ1n) is 2.69. The second-order valence-corrected chi connectivity index (χ2v) is 2.68. The lowest BCUT2D eigenvalue weighted by atomic mass is 10.3. The first kappa shape index (κ1) is 11.4. The fourth-order valence-electron chi connectivity index (χ4n) is 0.579. The van der Waals surface area contributed by atoms with Gasteiger partial charge in [-0.05, 0) is 28.1 Å². The molecule has 0 saturated carbocycles. The van der Waals surface area contributed by atoms with Crippen molar-refractivity contribution in [3.05, 3.63) is 28.5 Å². The van der Waals surface area contributed by atoms with Crippen LogP contribution < -0.4 is 6.15 Å². The molecule has 0 aliphatic heterocycles. The van der Waals surface area contributed by atoms with Gasteiger partial charge in [-0.15, -0.1) is 0 Å². The molecule has 6 heteroatoms. The number of halogens is 4. The fourth-order valence-corrected chi connectivity index (χ4v) is 0.944. The summed E-state index contributed by atoms with van der Waals surface area (Å²) < 4.78 is 35.9. The molecule has 3 radical (unpaired) electrons. The third-order valence-electron chi connectivity index (χ3n) is 1.05. The third kappa shape index (κ3) is 2.78. The Hall–Kier alpha value is -0.620. The maximum Gasteiger partial charge on any atom is 0.416 e. The quantitative estimate of drug-likeness (QED) is 0.642.